The van der Waals surface area contributed by atoms with E-state index in [0.717, 1.165) is 32.2 Å². The van der Waals surface area contributed by atoms with Gasteiger partial charge in [0.1, 0.15) is 0 Å². The first-order valence-corrected chi connectivity index (χ1v) is 5.99. The lowest BCUT2D eigenvalue weighted by atomic mass is 9.86. The third kappa shape index (κ3) is 2.84. The third-order valence-corrected chi connectivity index (χ3v) is 3.63. The number of amides is 2. The summed E-state index contributed by atoms with van der Waals surface area (Å²) in [6.07, 6.45) is 7.09. The maximum atomic E-state index is 11.4. The summed E-state index contributed by atoms with van der Waals surface area (Å²) in [5.74, 6) is 0. The predicted molar refractivity (Wildman–Crippen MR) is 59.5 cm³/mol. The number of hydrogen-bond acceptors (Lipinski definition) is 2. The van der Waals surface area contributed by atoms with Crippen LogP contribution in [0.1, 0.15) is 38.5 Å². The van der Waals surface area contributed by atoms with E-state index >= 15 is 0 Å². The largest absolute Gasteiger partial charge is 0.338 e. The molecule has 2 rings (SSSR count). The van der Waals surface area contributed by atoms with Crippen molar-refractivity contribution in [1.82, 2.24) is 10.6 Å². The van der Waals surface area contributed by atoms with Crippen LogP contribution in [0.3, 0.4) is 0 Å². The number of carbonyl (C=O) groups excluding carboxylic acids is 1. The maximum absolute atomic E-state index is 11.4. The zero-order valence-electron chi connectivity index (χ0n) is 9.22. The Labute approximate surface area is 91.0 Å². The Bertz CT molecular complexity index is 232. The van der Waals surface area contributed by atoms with Gasteiger partial charge in [-0.15, -0.1) is 0 Å². The molecule has 0 aromatic heterocycles. The van der Waals surface area contributed by atoms with Crippen molar-refractivity contribution >= 4 is 6.03 Å². The van der Waals surface area contributed by atoms with Crippen LogP contribution in [0, 0.1) is 5.41 Å². The lowest BCUT2D eigenvalue weighted by Crippen LogP contribution is -2.45. The fourth-order valence-corrected chi connectivity index (χ4v) is 2.31. The summed E-state index contributed by atoms with van der Waals surface area (Å²) < 4.78 is 0. The van der Waals surface area contributed by atoms with Crippen LogP contribution in [0.2, 0.25) is 0 Å². The number of carbonyl (C=O) groups is 1. The highest BCUT2D eigenvalue weighted by atomic mass is 16.2. The summed E-state index contributed by atoms with van der Waals surface area (Å²) in [5, 5.41) is 5.89. The van der Waals surface area contributed by atoms with Gasteiger partial charge in [-0.3, -0.25) is 0 Å². The average molecular weight is 211 g/mol. The second kappa shape index (κ2) is 4.39. The summed E-state index contributed by atoms with van der Waals surface area (Å²) in [7, 11) is 0. The van der Waals surface area contributed by atoms with Gasteiger partial charge >= 0.3 is 6.03 Å². The standard InChI is InChI=1S/C11H21N3O/c12-7-11(5-1-2-6-11)8-13-10(15)14-9-3-4-9/h9H,1-8,12H2,(H2,13,14,15). The van der Waals surface area contributed by atoms with Crippen LogP contribution in [0.4, 0.5) is 4.79 Å². The zero-order valence-corrected chi connectivity index (χ0v) is 9.22. The van der Waals surface area contributed by atoms with Crippen LogP contribution in [-0.4, -0.2) is 25.2 Å². The Hall–Kier alpha value is -0.770. The lowest BCUT2D eigenvalue weighted by Gasteiger charge is -2.27. The molecule has 0 aromatic carbocycles. The Balaban J connectivity index is 1.72. The topological polar surface area (TPSA) is 67.1 Å². The zero-order chi connectivity index (χ0) is 10.7. The molecule has 2 amide bonds. The van der Waals surface area contributed by atoms with Crippen molar-refractivity contribution < 1.29 is 4.79 Å². The van der Waals surface area contributed by atoms with Crippen LogP contribution in [0.15, 0.2) is 0 Å². The second-order valence-corrected chi connectivity index (χ2v) is 5.01. The Morgan fingerprint density at radius 2 is 2.00 bits per heavy atom. The van der Waals surface area contributed by atoms with E-state index in [1.807, 2.05) is 0 Å². The van der Waals surface area contributed by atoms with Gasteiger partial charge in [-0.2, -0.15) is 0 Å². The summed E-state index contributed by atoms with van der Waals surface area (Å²) in [6.45, 7) is 1.43. The first kappa shape index (κ1) is 10.7. The number of nitrogens with two attached hydrogens (primary N) is 1. The molecule has 86 valence electrons. The highest BCUT2D eigenvalue weighted by Crippen LogP contribution is 2.36. The molecule has 0 atom stereocenters. The molecule has 0 heterocycles. The molecule has 2 aliphatic rings. The summed E-state index contributed by atoms with van der Waals surface area (Å²) in [5.41, 5.74) is 5.98. The van der Waals surface area contributed by atoms with Gasteiger partial charge in [-0.25, -0.2) is 4.79 Å². The van der Waals surface area contributed by atoms with Gasteiger partial charge in [0.25, 0.3) is 0 Å². The molecule has 0 aliphatic heterocycles. The molecule has 0 unspecified atom stereocenters. The van der Waals surface area contributed by atoms with Crippen molar-refractivity contribution in [2.75, 3.05) is 13.1 Å². The van der Waals surface area contributed by atoms with Gasteiger partial charge in [0, 0.05) is 18.0 Å². The second-order valence-electron chi connectivity index (χ2n) is 5.01. The van der Waals surface area contributed by atoms with Gasteiger partial charge < -0.3 is 16.4 Å². The summed E-state index contributed by atoms with van der Waals surface area (Å²) >= 11 is 0. The van der Waals surface area contributed by atoms with E-state index < -0.39 is 0 Å². The molecule has 2 fully saturated rings. The molecular formula is C11H21N3O. The van der Waals surface area contributed by atoms with E-state index in [1.165, 1.54) is 12.8 Å². The Kier molecular flexibility index (Phi) is 3.14. The van der Waals surface area contributed by atoms with Crippen LogP contribution in [-0.2, 0) is 0 Å². The van der Waals surface area contributed by atoms with Crippen LogP contribution >= 0.6 is 0 Å². The van der Waals surface area contributed by atoms with Gasteiger partial charge in [-0.1, -0.05) is 12.8 Å². The van der Waals surface area contributed by atoms with Crippen molar-refractivity contribution in [2.24, 2.45) is 11.1 Å². The van der Waals surface area contributed by atoms with Gasteiger partial charge in [-0.05, 0) is 32.2 Å². The number of rotatable bonds is 4. The Morgan fingerprint density at radius 1 is 1.33 bits per heavy atom. The van der Waals surface area contributed by atoms with Crippen LogP contribution < -0.4 is 16.4 Å². The molecule has 2 aliphatic carbocycles. The highest BCUT2D eigenvalue weighted by molar-refractivity contribution is 5.74. The molecule has 0 saturated heterocycles. The fraction of sp³-hybridized carbons (Fsp3) is 0.909. The number of urea groups is 1. The molecule has 0 radical (unpaired) electrons. The first-order chi connectivity index (χ1) is 7.24. The van der Waals surface area contributed by atoms with E-state index in [1.54, 1.807) is 0 Å². The van der Waals surface area contributed by atoms with Crippen LogP contribution in [0.25, 0.3) is 0 Å². The third-order valence-electron chi connectivity index (χ3n) is 3.63. The number of nitrogens with one attached hydrogen (secondary N) is 2. The molecular weight excluding hydrogens is 190 g/mol. The first-order valence-electron chi connectivity index (χ1n) is 5.99. The summed E-state index contributed by atoms with van der Waals surface area (Å²) in [4.78, 5) is 11.4. The Morgan fingerprint density at radius 3 is 2.53 bits per heavy atom. The van der Waals surface area contributed by atoms with E-state index in [2.05, 4.69) is 10.6 Å². The maximum Gasteiger partial charge on any atom is 0.315 e. The van der Waals surface area contributed by atoms with Gasteiger partial charge in [0.15, 0.2) is 0 Å². The van der Waals surface area contributed by atoms with E-state index in [4.69, 9.17) is 5.73 Å². The number of hydrogen-bond donors (Lipinski definition) is 3. The van der Waals surface area contributed by atoms with Gasteiger partial charge in [0.2, 0.25) is 0 Å². The minimum Gasteiger partial charge on any atom is -0.338 e. The van der Waals surface area contributed by atoms with E-state index in [-0.39, 0.29) is 11.4 Å². The van der Waals surface area contributed by atoms with E-state index in [9.17, 15) is 4.79 Å². The van der Waals surface area contributed by atoms with Crippen molar-refractivity contribution in [3.8, 4) is 0 Å². The molecule has 0 aromatic rings. The molecule has 4 nitrogen and oxygen atoms in total. The molecule has 4 N–H and O–H groups in total. The van der Waals surface area contributed by atoms with Crippen LogP contribution in [0.5, 0.6) is 0 Å². The molecule has 0 spiro atoms. The minimum atomic E-state index is -0.0165. The monoisotopic (exact) mass is 211 g/mol. The normalized spacial score (nSPS) is 23.8. The van der Waals surface area contributed by atoms with E-state index in [0.29, 0.717) is 12.6 Å². The minimum absolute atomic E-state index is 0.0165. The van der Waals surface area contributed by atoms with Crippen molar-refractivity contribution in [2.45, 2.75) is 44.6 Å². The quantitative estimate of drug-likeness (QED) is 0.648. The highest BCUT2D eigenvalue weighted by Gasteiger charge is 2.33. The summed E-state index contributed by atoms with van der Waals surface area (Å²) in [6, 6.07) is 0.416. The lowest BCUT2D eigenvalue weighted by molar-refractivity contribution is 0.228. The molecule has 4 heteroatoms. The fourth-order valence-electron chi connectivity index (χ4n) is 2.31. The predicted octanol–water partition coefficient (Wildman–Crippen LogP) is 0.967. The molecule has 15 heavy (non-hydrogen) atoms. The smallest absolute Gasteiger partial charge is 0.315 e. The average Bonchev–Trinajstić information content (AvgIpc) is 2.93. The SMILES string of the molecule is NCC1(CNC(=O)NC2CC2)CCCC1. The molecule has 2 saturated carbocycles. The van der Waals surface area contributed by atoms with Crippen molar-refractivity contribution in [3.63, 3.8) is 0 Å². The van der Waals surface area contributed by atoms with Crippen molar-refractivity contribution in [3.05, 3.63) is 0 Å². The molecule has 0 bridgehead atoms. The van der Waals surface area contributed by atoms with Crippen molar-refractivity contribution in [1.29, 1.82) is 0 Å². The van der Waals surface area contributed by atoms with Gasteiger partial charge in [0.05, 0.1) is 0 Å².